The summed E-state index contributed by atoms with van der Waals surface area (Å²) < 4.78 is 30.0. The molecule has 3 rings (SSSR count). The number of aromatic amines is 1. The van der Waals surface area contributed by atoms with E-state index >= 15 is 0 Å². The SMILES string of the molecule is Fc1cc(Br)cc(F)c1-n1c(=S)[nH]c2ccc(Cl)cc21. The van der Waals surface area contributed by atoms with Crippen LogP contribution >= 0.6 is 39.7 Å². The fourth-order valence-electron chi connectivity index (χ4n) is 2.05. The summed E-state index contributed by atoms with van der Waals surface area (Å²) in [4.78, 5) is 2.90. The molecule has 102 valence electrons. The second-order valence-corrected chi connectivity index (χ2v) is 5.88. The number of halogens is 4. The first-order valence-electron chi connectivity index (χ1n) is 5.52. The molecule has 0 bridgehead atoms. The van der Waals surface area contributed by atoms with Crippen molar-refractivity contribution < 1.29 is 8.78 Å². The molecule has 0 aliphatic carbocycles. The number of rotatable bonds is 1. The van der Waals surface area contributed by atoms with E-state index in [0.717, 1.165) is 0 Å². The Hall–Kier alpha value is -1.24. The van der Waals surface area contributed by atoms with Crippen LogP contribution in [0, 0.1) is 16.4 Å². The number of imidazole rings is 1. The first-order valence-corrected chi connectivity index (χ1v) is 7.10. The lowest BCUT2D eigenvalue weighted by atomic mass is 10.2. The molecule has 2 nitrogen and oxygen atoms in total. The number of hydrogen-bond donors (Lipinski definition) is 1. The fourth-order valence-corrected chi connectivity index (χ4v) is 2.91. The van der Waals surface area contributed by atoms with Crippen LogP contribution in [0.1, 0.15) is 0 Å². The number of nitrogens with zero attached hydrogens (tertiary/aromatic N) is 1. The van der Waals surface area contributed by atoms with Crippen LogP contribution in [0.5, 0.6) is 0 Å². The largest absolute Gasteiger partial charge is 0.330 e. The van der Waals surface area contributed by atoms with Crippen molar-refractivity contribution in [2.75, 3.05) is 0 Å². The minimum Gasteiger partial charge on any atom is -0.330 e. The number of aromatic nitrogens is 2. The summed E-state index contributed by atoms with van der Waals surface area (Å²) in [5.41, 5.74) is 0.940. The minimum atomic E-state index is -0.714. The number of fused-ring (bicyclic) bond motifs is 1. The number of benzene rings is 2. The summed E-state index contributed by atoms with van der Waals surface area (Å²) in [6.07, 6.45) is 0. The lowest BCUT2D eigenvalue weighted by Gasteiger charge is -2.08. The predicted molar refractivity (Wildman–Crippen MR) is 81.1 cm³/mol. The molecule has 3 aromatic rings. The standard InChI is InChI=1S/C13H6BrClF2N2S/c14-6-3-8(16)12(9(17)4-6)19-11-5-7(15)1-2-10(11)18-13(19)20/h1-5H,(H,18,20). The van der Waals surface area contributed by atoms with E-state index in [1.165, 1.54) is 16.7 Å². The van der Waals surface area contributed by atoms with E-state index in [9.17, 15) is 8.78 Å². The van der Waals surface area contributed by atoms with Crippen LogP contribution in [0.25, 0.3) is 16.7 Å². The van der Waals surface area contributed by atoms with Crippen molar-refractivity contribution in [2.24, 2.45) is 0 Å². The van der Waals surface area contributed by atoms with Crippen molar-refractivity contribution in [3.8, 4) is 5.69 Å². The molecule has 20 heavy (non-hydrogen) atoms. The highest BCUT2D eigenvalue weighted by molar-refractivity contribution is 9.10. The van der Waals surface area contributed by atoms with Gasteiger partial charge < -0.3 is 4.98 Å². The van der Waals surface area contributed by atoms with Crippen LogP contribution < -0.4 is 0 Å². The van der Waals surface area contributed by atoms with Crippen LogP contribution in [0.3, 0.4) is 0 Å². The van der Waals surface area contributed by atoms with Gasteiger partial charge in [0.15, 0.2) is 16.4 Å². The number of nitrogens with one attached hydrogen (secondary N) is 1. The van der Waals surface area contributed by atoms with Crippen molar-refractivity contribution in [3.05, 3.63) is 56.2 Å². The molecule has 7 heteroatoms. The van der Waals surface area contributed by atoms with Gasteiger partial charge in [0.2, 0.25) is 0 Å². The Balaban J connectivity index is 2.44. The van der Waals surface area contributed by atoms with Gasteiger partial charge in [-0.05, 0) is 42.5 Å². The van der Waals surface area contributed by atoms with E-state index in [4.69, 9.17) is 23.8 Å². The van der Waals surface area contributed by atoms with Gasteiger partial charge in [0.1, 0.15) is 5.69 Å². The molecule has 0 radical (unpaired) electrons. The highest BCUT2D eigenvalue weighted by Crippen LogP contribution is 2.28. The van der Waals surface area contributed by atoms with Crippen LogP contribution in [0.15, 0.2) is 34.8 Å². The Bertz CT molecular complexity index is 865. The first-order chi connectivity index (χ1) is 9.47. The minimum absolute atomic E-state index is 0.197. The Kier molecular flexibility index (Phi) is 3.40. The van der Waals surface area contributed by atoms with Gasteiger partial charge in [0.25, 0.3) is 0 Å². The Morgan fingerprint density at radius 1 is 1.15 bits per heavy atom. The normalized spacial score (nSPS) is 11.2. The zero-order valence-electron chi connectivity index (χ0n) is 9.75. The number of H-pyrrole nitrogens is 1. The second-order valence-electron chi connectivity index (χ2n) is 4.15. The van der Waals surface area contributed by atoms with Gasteiger partial charge >= 0.3 is 0 Å². The Morgan fingerprint density at radius 3 is 2.45 bits per heavy atom. The summed E-state index contributed by atoms with van der Waals surface area (Å²) >= 11 is 14.1. The molecule has 0 unspecified atom stereocenters. The zero-order valence-corrected chi connectivity index (χ0v) is 12.9. The third-order valence-corrected chi connectivity index (χ3v) is 3.83. The molecular formula is C13H6BrClF2N2S. The van der Waals surface area contributed by atoms with Gasteiger partial charge in [0.05, 0.1) is 11.0 Å². The van der Waals surface area contributed by atoms with E-state index in [2.05, 4.69) is 20.9 Å². The molecular weight excluding hydrogens is 370 g/mol. The van der Waals surface area contributed by atoms with Gasteiger partial charge in [-0.1, -0.05) is 27.5 Å². The van der Waals surface area contributed by atoms with E-state index in [1.54, 1.807) is 18.2 Å². The fraction of sp³-hybridized carbons (Fsp3) is 0. The van der Waals surface area contributed by atoms with E-state index in [-0.39, 0.29) is 10.5 Å². The molecule has 0 fully saturated rings. The highest BCUT2D eigenvalue weighted by atomic mass is 79.9. The molecule has 0 atom stereocenters. The van der Waals surface area contributed by atoms with Gasteiger partial charge in [-0.3, -0.25) is 4.57 Å². The van der Waals surface area contributed by atoms with Crippen molar-refractivity contribution in [3.63, 3.8) is 0 Å². The summed E-state index contributed by atoms with van der Waals surface area (Å²) in [7, 11) is 0. The third kappa shape index (κ3) is 2.17. The Morgan fingerprint density at radius 2 is 1.80 bits per heavy atom. The van der Waals surface area contributed by atoms with Crippen molar-refractivity contribution in [2.45, 2.75) is 0 Å². The number of hydrogen-bond acceptors (Lipinski definition) is 1. The van der Waals surface area contributed by atoms with Crippen molar-refractivity contribution in [1.82, 2.24) is 9.55 Å². The van der Waals surface area contributed by atoms with Gasteiger partial charge in [-0.25, -0.2) is 8.78 Å². The molecule has 1 N–H and O–H groups in total. The zero-order chi connectivity index (χ0) is 14.4. The Labute approximate surface area is 131 Å². The van der Waals surface area contributed by atoms with Gasteiger partial charge in [-0.15, -0.1) is 0 Å². The molecule has 0 aliphatic heterocycles. The van der Waals surface area contributed by atoms with Gasteiger partial charge in [0, 0.05) is 9.50 Å². The van der Waals surface area contributed by atoms with Crippen LogP contribution in [-0.4, -0.2) is 9.55 Å². The summed E-state index contributed by atoms with van der Waals surface area (Å²) in [6.45, 7) is 0. The van der Waals surface area contributed by atoms with E-state index in [1.807, 2.05) is 0 Å². The molecule has 0 spiro atoms. The predicted octanol–water partition coefficient (Wildman–Crippen LogP) is 5.38. The van der Waals surface area contributed by atoms with E-state index < -0.39 is 11.6 Å². The lowest BCUT2D eigenvalue weighted by Crippen LogP contribution is -2.02. The summed E-state index contributed by atoms with van der Waals surface area (Å²) in [6, 6.07) is 7.35. The second kappa shape index (κ2) is 4.95. The van der Waals surface area contributed by atoms with Crippen LogP contribution in [0.4, 0.5) is 8.78 Å². The molecule has 0 saturated heterocycles. The summed E-state index contributed by atoms with van der Waals surface area (Å²) in [5, 5.41) is 0.457. The van der Waals surface area contributed by atoms with E-state index in [0.29, 0.717) is 20.5 Å². The topological polar surface area (TPSA) is 20.7 Å². The molecule has 0 aliphatic rings. The van der Waals surface area contributed by atoms with Crippen molar-refractivity contribution >= 4 is 50.8 Å². The highest BCUT2D eigenvalue weighted by Gasteiger charge is 2.16. The molecule has 1 heterocycles. The maximum absolute atomic E-state index is 14.1. The van der Waals surface area contributed by atoms with Crippen LogP contribution in [-0.2, 0) is 0 Å². The summed E-state index contributed by atoms with van der Waals surface area (Å²) in [5.74, 6) is -1.43. The smallest absolute Gasteiger partial charge is 0.182 e. The molecule has 1 aromatic heterocycles. The quantitative estimate of drug-likeness (QED) is 0.566. The van der Waals surface area contributed by atoms with Crippen LogP contribution in [0.2, 0.25) is 5.02 Å². The monoisotopic (exact) mass is 374 g/mol. The molecule has 0 saturated carbocycles. The average Bonchev–Trinajstić information content (AvgIpc) is 2.65. The lowest BCUT2D eigenvalue weighted by molar-refractivity contribution is 0.569. The molecule has 2 aromatic carbocycles. The van der Waals surface area contributed by atoms with Crippen molar-refractivity contribution in [1.29, 1.82) is 0 Å². The third-order valence-electron chi connectivity index (χ3n) is 2.85. The average molecular weight is 376 g/mol. The van der Waals surface area contributed by atoms with Gasteiger partial charge in [-0.2, -0.15) is 0 Å². The molecule has 0 amide bonds. The maximum atomic E-state index is 14.1. The first kappa shape index (κ1) is 13.7. The maximum Gasteiger partial charge on any atom is 0.182 e.